The molecule has 6 rings (SSSR count). The Morgan fingerprint density at radius 3 is 2.65 bits per heavy atom. The molecule has 0 radical (unpaired) electrons. The molecule has 0 bridgehead atoms. The van der Waals surface area contributed by atoms with Crippen molar-refractivity contribution in [1.29, 1.82) is 0 Å². The number of carbonyl (C=O) groups is 1. The molecule has 0 saturated carbocycles. The predicted octanol–water partition coefficient (Wildman–Crippen LogP) is 4.83. The smallest absolute Gasteiger partial charge is 0.279 e. The van der Waals surface area contributed by atoms with Crippen LogP contribution in [0, 0.1) is 0 Å². The third-order valence-corrected chi connectivity index (χ3v) is 7.24. The van der Waals surface area contributed by atoms with Crippen molar-refractivity contribution in [2.24, 2.45) is 7.05 Å². The lowest BCUT2D eigenvalue weighted by molar-refractivity contribution is 0.0988. The molecule has 2 unspecified atom stereocenters. The van der Waals surface area contributed by atoms with Crippen molar-refractivity contribution in [1.82, 2.24) is 24.5 Å². The zero-order chi connectivity index (χ0) is 25.8. The Balaban J connectivity index is 1.59. The maximum Gasteiger partial charge on any atom is 0.279 e. The first-order valence-corrected chi connectivity index (χ1v) is 12.6. The van der Waals surface area contributed by atoms with Crippen molar-refractivity contribution in [3.05, 3.63) is 76.3 Å². The van der Waals surface area contributed by atoms with E-state index in [1.807, 2.05) is 49.5 Å². The summed E-state index contributed by atoms with van der Waals surface area (Å²) in [5.74, 6) is 1.19. The van der Waals surface area contributed by atoms with Gasteiger partial charge in [-0.3, -0.25) is 9.69 Å². The highest BCUT2D eigenvalue weighted by molar-refractivity contribution is 6.30. The first-order valence-electron chi connectivity index (χ1n) is 12.2. The van der Waals surface area contributed by atoms with Gasteiger partial charge in [0.25, 0.3) is 5.91 Å². The van der Waals surface area contributed by atoms with Gasteiger partial charge < -0.3 is 14.0 Å². The Morgan fingerprint density at radius 1 is 1.19 bits per heavy atom. The van der Waals surface area contributed by atoms with Crippen LogP contribution in [0.25, 0.3) is 11.0 Å². The predicted molar refractivity (Wildman–Crippen MR) is 140 cm³/mol. The highest BCUT2D eigenvalue weighted by Crippen LogP contribution is 2.45. The van der Waals surface area contributed by atoms with E-state index in [-0.39, 0.29) is 17.9 Å². The van der Waals surface area contributed by atoms with Gasteiger partial charge in [0.05, 0.1) is 43.1 Å². The zero-order valence-electron chi connectivity index (χ0n) is 21.1. The number of fused-ring (bicyclic) bond motifs is 2. The first kappa shape index (κ1) is 23.7. The molecule has 2 aromatic carbocycles. The Bertz CT molecular complexity index is 1540. The lowest BCUT2D eigenvalue weighted by atomic mass is 10.0. The lowest BCUT2D eigenvalue weighted by Crippen LogP contribution is -2.31. The second-order valence-corrected chi connectivity index (χ2v) is 10.0. The van der Waals surface area contributed by atoms with Crippen molar-refractivity contribution in [2.75, 3.05) is 25.2 Å². The summed E-state index contributed by atoms with van der Waals surface area (Å²) in [5.41, 5.74) is 4.32. The van der Waals surface area contributed by atoms with Crippen LogP contribution in [-0.4, -0.2) is 50.8 Å². The van der Waals surface area contributed by atoms with E-state index in [2.05, 4.69) is 34.8 Å². The standard InChI is InChI=1S/C27H27ClN6O3/c1-15(2)33-25-23(29-26(33)17-6-5-11-37-14-17)27(35)34(24(25)16-7-9-18(28)10-8-16)19-12-20-22(21(13-19)36-4)30-31-32(20)3/h5-10,12-13,15,17,24H,11,14H2,1-4H3. The molecule has 2 aliphatic heterocycles. The number of aromatic nitrogens is 5. The van der Waals surface area contributed by atoms with Crippen molar-refractivity contribution in [3.63, 3.8) is 0 Å². The van der Waals surface area contributed by atoms with Gasteiger partial charge in [-0.25, -0.2) is 9.67 Å². The number of rotatable bonds is 5. The van der Waals surface area contributed by atoms with Gasteiger partial charge in [0, 0.05) is 24.2 Å². The van der Waals surface area contributed by atoms with Gasteiger partial charge in [0.1, 0.15) is 11.9 Å². The molecule has 0 saturated heterocycles. The second kappa shape index (κ2) is 9.00. The molecule has 0 fully saturated rings. The molecular formula is C27H27ClN6O3. The van der Waals surface area contributed by atoms with Gasteiger partial charge in [0.2, 0.25) is 0 Å². The molecule has 9 nitrogen and oxygen atoms in total. The summed E-state index contributed by atoms with van der Waals surface area (Å²) in [5, 5.41) is 9.00. The van der Waals surface area contributed by atoms with Crippen LogP contribution in [0.2, 0.25) is 5.02 Å². The number of anilines is 1. The van der Waals surface area contributed by atoms with Crippen LogP contribution in [0.3, 0.4) is 0 Å². The summed E-state index contributed by atoms with van der Waals surface area (Å²) in [6.45, 7) is 5.35. The molecule has 4 heterocycles. The maximum absolute atomic E-state index is 14.2. The average molecular weight is 519 g/mol. The van der Waals surface area contributed by atoms with E-state index < -0.39 is 6.04 Å². The fourth-order valence-corrected chi connectivity index (χ4v) is 5.46. The van der Waals surface area contributed by atoms with E-state index >= 15 is 0 Å². The highest BCUT2D eigenvalue weighted by atomic mass is 35.5. The summed E-state index contributed by atoms with van der Waals surface area (Å²) in [4.78, 5) is 20.9. The fraction of sp³-hybridized carbons (Fsp3) is 0.333. The molecule has 1 amide bonds. The molecule has 2 aliphatic rings. The van der Waals surface area contributed by atoms with Gasteiger partial charge in [-0.1, -0.05) is 41.1 Å². The van der Waals surface area contributed by atoms with Crippen LogP contribution in [0.4, 0.5) is 5.69 Å². The minimum Gasteiger partial charge on any atom is -0.494 e. The number of ether oxygens (including phenoxy) is 2. The Kier molecular flexibility index (Phi) is 5.77. The second-order valence-electron chi connectivity index (χ2n) is 9.60. The van der Waals surface area contributed by atoms with Gasteiger partial charge in [-0.2, -0.15) is 0 Å². The molecule has 190 valence electrons. The molecular weight excluding hydrogens is 492 g/mol. The fourth-order valence-electron chi connectivity index (χ4n) is 5.34. The number of benzene rings is 2. The topological polar surface area (TPSA) is 87.3 Å². The Labute approximate surface area is 219 Å². The summed E-state index contributed by atoms with van der Waals surface area (Å²) in [7, 11) is 3.40. The van der Waals surface area contributed by atoms with Crippen LogP contribution in [0.5, 0.6) is 5.75 Å². The van der Waals surface area contributed by atoms with Crippen LogP contribution in [-0.2, 0) is 11.8 Å². The molecule has 2 atom stereocenters. The Morgan fingerprint density at radius 2 is 1.97 bits per heavy atom. The van der Waals surface area contributed by atoms with Crippen molar-refractivity contribution in [3.8, 4) is 5.75 Å². The van der Waals surface area contributed by atoms with Gasteiger partial charge in [0.15, 0.2) is 17.0 Å². The average Bonchev–Trinajstić information content (AvgIpc) is 3.56. The number of carbonyl (C=O) groups excluding carboxylic acids is 1. The van der Waals surface area contributed by atoms with Crippen molar-refractivity contribution in [2.45, 2.75) is 31.8 Å². The van der Waals surface area contributed by atoms with Gasteiger partial charge in [-0.15, -0.1) is 5.10 Å². The quantitative estimate of drug-likeness (QED) is 0.352. The number of aryl methyl sites for hydroxylation is 1. The Hall–Kier alpha value is -3.69. The van der Waals surface area contributed by atoms with Crippen molar-refractivity contribution < 1.29 is 14.3 Å². The normalized spacial score (nSPS) is 19.3. The van der Waals surface area contributed by atoms with Gasteiger partial charge >= 0.3 is 0 Å². The minimum absolute atomic E-state index is 0.0224. The van der Waals surface area contributed by atoms with Crippen LogP contribution < -0.4 is 9.64 Å². The molecule has 0 N–H and O–H groups in total. The van der Waals surface area contributed by atoms with Crippen LogP contribution in [0.15, 0.2) is 48.6 Å². The third-order valence-electron chi connectivity index (χ3n) is 6.99. The molecule has 2 aromatic heterocycles. The van der Waals surface area contributed by atoms with E-state index in [1.54, 1.807) is 16.7 Å². The largest absolute Gasteiger partial charge is 0.494 e. The first-order chi connectivity index (χ1) is 17.9. The highest BCUT2D eigenvalue weighted by Gasteiger charge is 2.45. The number of imidazole rings is 1. The minimum atomic E-state index is -0.416. The number of nitrogens with zero attached hydrogens (tertiary/aromatic N) is 6. The molecule has 0 aliphatic carbocycles. The number of hydrogen-bond donors (Lipinski definition) is 0. The molecule has 4 aromatic rings. The summed E-state index contributed by atoms with van der Waals surface area (Å²) in [6, 6.07) is 11.0. The van der Waals surface area contributed by atoms with E-state index in [1.165, 1.54) is 0 Å². The van der Waals surface area contributed by atoms with Crippen LogP contribution >= 0.6 is 11.6 Å². The molecule has 37 heavy (non-hydrogen) atoms. The maximum atomic E-state index is 14.2. The summed E-state index contributed by atoms with van der Waals surface area (Å²) >= 11 is 6.25. The van der Waals surface area contributed by atoms with Crippen molar-refractivity contribution >= 4 is 34.2 Å². The number of methoxy groups -OCH3 is 1. The number of halogens is 1. The number of amides is 1. The summed E-state index contributed by atoms with van der Waals surface area (Å²) < 4.78 is 15.2. The van der Waals surface area contributed by atoms with Crippen LogP contribution in [0.1, 0.15) is 59.4 Å². The van der Waals surface area contributed by atoms with Gasteiger partial charge in [-0.05, 0) is 37.6 Å². The monoisotopic (exact) mass is 518 g/mol. The van der Waals surface area contributed by atoms with E-state index in [0.717, 1.165) is 22.6 Å². The van der Waals surface area contributed by atoms with E-state index in [9.17, 15) is 4.79 Å². The zero-order valence-corrected chi connectivity index (χ0v) is 21.8. The lowest BCUT2D eigenvalue weighted by Gasteiger charge is -2.29. The SMILES string of the molecule is COc1cc(N2C(=O)c3nc(C4C=CCOC4)n(C(C)C)c3C2c2ccc(Cl)cc2)cc2c1nnn2C. The molecule has 10 heteroatoms. The van der Waals surface area contributed by atoms with E-state index in [4.69, 9.17) is 26.1 Å². The third kappa shape index (κ3) is 3.72. The van der Waals surface area contributed by atoms with E-state index in [0.29, 0.717) is 40.9 Å². The molecule has 0 spiro atoms. The summed E-state index contributed by atoms with van der Waals surface area (Å²) in [6.07, 6.45) is 4.13. The number of hydrogen-bond acceptors (Lipinski definition) is 6.